The van der Waals surface area contributed by atoms with Crippen molar-refractivity contribution in [3.8, 4) is 0 Å². The zero-order valence-electron chi connectivity index (χ0n) is 9.30. The first-order valence-electron chi connectivity index (χ1n) is 5.02. The molecule has 0 aliphatic heterocycles. The maximum atomic E-state index is 3.99. The zero-order chi connectivity index (χ0) is 10.6. The van der Waals surface area contributed by atoms with Gasteiger partial charge in [-0.1, -0.05) is 36.4 Å². The van der Waals surface area contributed by atoms with E-state index < -0.39 is 0 Å². The second-order valence-electron chi connectivity index (χ2n) is 3.82. The minimum atomic E-state index is 0.385. The van der Waals surface area contributed by atoms with Crippen LogP contribution in [0.25, 0.3) is 0 Å². The zero-order valence-corrected chi connectivity index (χ0v) is 9.30. The van der Waals surface area contributed by atoms with Crippen LogP contribution in [0, 0.1) is 6.92 Å². The van der Waals surface area contributed by atoms with E-state index in [0.29, 0.717) is 6.04 Å². The summed E-state index contributed by atoms with van der Waals surface area (Å²) >= 11 is 0. The Bertz CT molecular complexity index is 315. The van der Waals surface area contributed by atoms with E-state index in [1.54, 1.807) is 0 Å². The molecule has 1 nitrogen and oxygen atoms in total. The third-order valence-corrected chi connectivity index (χ3v) is 2.63. The van der Waals surface area contributed by atoms with Crippen molar-refractivity contribution in [2.75, 3.05) is 7.05 Å². The lowest BCUT2D eigenvalue weighted by atomic mass is 9.98. The molecule has 1 heteroatoms. The largest absolute Gasteiger partial charge is 0.313 e. The monoisotopic (exact) mass is 189 g/mol. The maximum Gasteiger partial charge on any atom is 0.0312 e. The molecule has 0 radical (unpaired) electrons. The molecule has 0 amide bonds. The van der Waals surface area contributed by atoms with Crippen LogP contribution in [-0.4, -0.2) is 13.1 Å². The van der Waals surface area contributed by atoms with Gasteiger partial charge in [0.2, 0.25) is 0 Å². The Balaban J connectivity index is 2.77. The van der Waals surface area contributed by atoms with Crippen LogP contribution >= 0.6 is 0 Å². The normalized spacial score (nSPS) is 12.5. The average Bonchev–Trinajstić information content (AvgIpc) is 2.16. The molecule has 0 bridgehead atoms. The minimum absolute atomic E-state index is 0.385. The Kier molecular flexibility index (Phi) is 3.90. The van der Waals surface area contributed by atoms with Crippen molar-refractivity contribution in [1.29, 1.82) is 0 Å². The van der Waals surface area contributed by atoms with Gasteiger partial charge in [0.1, 0.15) is 0 Å². The molecule has 1 N–H and O–H groups in total. The van der Waals surface area contributed by atoms with Gasteiger partial charge in [0.05, 0.1) is 0 Å². The van der Waals surface area contributed by atoms with Crippen LogP contribution in [0.5, 0.6) is 0 Å². The maximum absolute atomic E-state index is 3.99. The van der Waals surface area contributed by atoms with Crippen LogP contribution in [0.2, 0.25) is 0 Å². The molecule has 1 unspecified atom stereocenters. The second kappa shape index (κ2) is 4.97. The summed E-state index contributed by atoms with van der Waals surface area (Å²) in [6, 6.07) is 8.89. The van der Waals surface area contributed by atoms with Crippen LogP contribution in [0.15, 0.2) is 36.4 Å². The van der Waals surface area contributed by atoms with E-state index in [1.165, 1.54) is 16.7 Å². The third kappa shape index (κ3) is 2.71. The lowest BCUT2D eigenvalue weighted by molar-refractivity contribution is 0.632. The molecule has 1 aromatic carbocycles. The molecule has 14 heavy (non-hydrogen) atoms. The van der Waals surface area contributed by atoms with E-state index in [4.69, 9.17) is 0 Å². The van der Waals surface area contributed by atoms with Gasteiger partial charge in [-0.15, -0.1) is 0 Å². The molecule has 0 aliphatic rings. The van der Waals surface area contributed by atoms with Crippen molar-refractivity contribution in [1.82, 2.24) is 5.32 Å². The van der Waals surface area contributed by atoms with Crippen LogP contribution < -0.4 is 5.32 Å². The number of rotatable bonds is 4. The van der Waals surface area contributed by atoms with E-state index in [2.05, 4.69) is 50.0 Å². The van der Waals surface area contributed by atoms with Crippen molar-refractivity contribution >= 4 is 0 Å². The predicted molar refractivity (Wildman–Crippen MR) is 62.5 cm³/mol. The van der Waals surface area contributed by atoms with E-state index in [9.17, 15) is 0 Å². The highest BCUT2D eigenvalue weighted by Gasteiger charge is 2.08. The lowest BCUT2D eigenvalue weighted by Gasteiger charge is -2.17. The molecular weight excluding hydrogens is 170 g/mol. The van der Waals surface area contributed by atoms with Gasteiger partial charge in [-0.3, -0.25) is 0 Å². The SMILES string of the molecule is C=C(C)C(Cc1ccccc1C)NC. The summed E-state index contributed by atoms with van der Waals surface area (Å²) in [7, 11) is 1.98. The molecule has 0 aliphatic carbocycles. The first-order chi connectivity index (χ1) is 6.65. The molecule has 0 aromatic heterocycles. The number of aryl methyl sites for hydroxylation is 1. The summed E-state index contributed by atoms with van der Waals surface area (Å²) in [4.78, 5) is 0. The lowest BCUT2D eigenvalue weighted by Crippen LogP contribution is -2.28. The molecular formula is C13H19N. The Morgan fingerprint density at radius 1 is 1.43 bits per heavy atom. The number of hydrogen-bond donors (Lipinski definition) is 1. The smallest absolute Gasteiger partial charge is 0.0312 e. The van der Waals surface area contributed by atoms with E-state index >= 15 is 0 Å². The Morgan fingerprint density at radius 3 is 2.57 bits per heavy atom. The molecule has 1 atom stereocenters. The van der Waals surface area contributed by atoms with Crippen molar-refractivity contribution in [3.05, 3.63) is 47.5 Å². The van der Waals surface area contributed by atoms with Crippen LogP contribution in [0.3, 0.4) is 0 Å². The van der Waals surface area contributed by atoms with Crippen LogP contribution in [0.1, 0.15) is 18.1 Å². The molecule has 0 saturated carbocycles. The number of likely N-dealkylation sites (N-methyl/N-ethyl adjacent to an activating group) is 1. The minimum Gasteiger partial charge on any atom is -0.313 e. The summed E-state index contributed by atoms with van der Waals surface area (Å²) in [5.74, 6) is 0. The Hall–Kier alpha value is -1.08. The quantitative estimate of drug-likeness (QED) is 0.718. The number of benzene rings is 1. The van der Waals surface area contributed by atoms with E-state index in [-0.39, 0.29) is 0 Å². The van der Waals surface area contributed by atoms with Crippen molar-refractivity contribution in [2.24, 2.45) is 0 Å². The van der Waals surface area contributed by atoms with Crippen LogP contribution in [0.4, 0.5) is 0 Å². The number of hydrogen-bond acceptors (Lipinski definition) is 1. The third-order valence-electron chi connectivity index (χ3n) is 2.63. The standard InChI is InChI=1S/C13H19N/c1-10(2)13(14-4)9-12-8-6-5-7-11(12)3/h5-8,13-14H,1,9H2,2-4H3. The highest BCUT2D eigenvalue weighted by atomic mass is 14.9. The van der Waals surface area contributed by atoms with Crippen molar-refractivity contribution in [2.45, 2.75) is 26.3 Å². The molecule has 1 aromatic rings. The first kappa shape index (κ1) is 11.0. The summed E-state index contributed by atoms with van der Waals surface area (Å²) in [5.41, 5.74) is 3.94. The van der Waals surface area contributed by atoms with Gasteiger partial charge in [0.25, 0.3) is 0 Å². The summed E-state index contributed by atoms with van der Waals surface area (Å²) in [6.07, 6.45) is 1.03. The van der Waals surface area contributed by atoms with Crippen molar-refractivity contribution < 1.29 is 0 Å². The Morgan fingerprint density at radius 2 is 2.07 bits per heavy atom. The highest BCUT2D eigenvalue weighted by molar-refractivity contribution is 5.27. The van der Waals surface area contributed by atoms with E-state index in [0.717, 1.165) is 6.42 Å². The Labute approximate surface area is 86.8 Å². The van der Waals surface area contributed by atoms with E-state index in [1.807, 2.05) is 7.05 Å². The van der Waals surface area contributed by atoms with Gasteiger partial charge in [0.15, 0.2) is 0 Å². The summed E-state index contributed by atoms with van der Waals surface area (Å²) in [6.45, 7) is 8.21. The van der Waals surface area contributed by atoms with Gasteiger partial charge in [-0.2, -0.15) is 0 Å². The molecule has 76 valence electrons. The molecule has 0 heterocycles. The summed E-state index contributed by atoms with van der Waals surface area (Å²) in [5, 5.41) is 3.28. The molecule has 0 saturated heterocycles. The van der Waals surface area contributed by atoms with Crippen LogP contribution in [-0.2, 0) is 6.42 Å². The highest BCUT2D eigenvalue weighted by Crippen LogP contribution is 2.12. The summed E-state index contributed by atoms with van der Waals surface area (Å²) < 4.78 is 0. The van der Waals surface area contributed by atoms with Gasteiger partial charge >= 0.3 is 0 Å². The fourth-order valence-corrected chi connectivity index (χ4v) is 1.58. The predicted octanol–water partition coefficient (Wildman–Crippen LogP) is 2.70. The second-order valence-corrected chi connectivity index (χ2v) is 3.82. The molecule has 0 spiro atoms. The molecule has 0 fully saturated rings. The van der Waals surface area contributed by atoms with Gasteiger partial charge in [-0.05, 0) is 38.4 Å². The van der Waals surface area contributed by atoms with Gasteiger partial charge in [-0.25, -0.2) is 0 Å². The number of nitrogens with one attached hydrogen (secondary N) is 1. The average molecular weight is 189 g/mol. The molecule has 1 rings (SSSR count). The van der Waals surface area contributed by atoms with Gasteiger partial charge < -0.3 is 5.32 Å². The fraction of sp³-hybridized carbons (Fsp3) is 0.385. The fourth-order valence-electron chi connectivity index (χ4n) is 1.58. The van der Waals surface area contributed by atoms with Crippen molar-refractivity contribution in [3.63, 3.8) is 0 Å². The first-order valence-corrected chi connectivity index (χ1v) is 5.02. The topological polar surface area (TPSA) is 12.0 Å². The van der Waals surface area contributed by atoms with Gasteiger partial charge in [0, 0.05) is 6.04 Å².